The highest BCUT2D eigenvalue weighted by Gasteiger charge is 2.38. The minimum Gasteiger partial charge on any atom is -0.486 e. The minimum atomic E-state index is -0.519. The van der Waals surface area contributed by atoms with Crippen molar-refractivity contribution in [3.8, 4) is 5.75 Å². The number of aliphatic hydroxyl groups is 1. The summed E-state index contributed by atoms with van der Waals surface area (Å²) in [5.74, 6) is 0.270. The van der Waals surface area contributed by atoms with Crippen LogP contribution in [0, 0.1) is 5.92 Å². The summed E-state index contributed by atoms with van der Waals surface area (Å²) in [6.07, 6.45) is 2.69. The quantitative estimate of drug-likeness (QED) is 0.531. The third kappa shape index (κ3) is 4.64. The van der Waals surface area contributed by atoms with Crippen molar-refractivity contribution in [3.05, 3.63) is 64.7 Å². The van der Waals surface area contributed by atoms with E-state index < -0.39 is 6.10 Å². The lowest BCUT2D eigenvalue weighted by Gasteiger charge is -2.22. The molecule has 2 aromatic carbocycles. The van der Waals surface area contributed by atoms with Crippen LogP contribution in [0.5, 0.6) is 5.75 Å². The first-order valence-corrected chi connectivity index (χ1v) is 11.3. The molecule has 7 heteroatoms. The van der Waals surface area contributed by atoms with Crippen molar-refractivity contribution in [1.29, 1.82) is 0 Å². The Morgan fingerprint density at radius 2 is 1.88 bits per heavy atom. The second kappa shape index (κ2) is 10.1. The Bertz CT molecular complexity index is 957. The summed E-state index contributed by atoms with van der Waals surface area (Å²) in [6, 6.07) is 13.1. The van der Waals surface area contributed by atoms with Gasteiger partial charge in [0.1, 0.15) is 11.9 Å². The van der Waals surface area contributed by atoms with E-state index in [9.17, 15) is 14.7 Å². The number of carbonyl (C=O) groups excluding carboxylic acids is 2. The van der Waals surface area contributed by atoms with Crippen LogP contribution in [0.3, 0.4) is 0 Å². The number of benzene rings is 2. The van der Waals surface area contributed by atoms with Gasteiger partial charge in [-0.3, -0.25) is 9.59 Å². The zero-order chi connectivity index (χ0) is 22.5. The number of aliphatic hydroxyl groups excluding tert-OH is 1. The third-order valence-corrected chi connectivity index (χ3v) is 6.46. The molecule has 0 saturated carbocycles. The third-order valence-electron chi connectivity index (χ3n) is 6.46. The van der Waals surface area contributed by atoms with Crippen molar-refractivity contribution >= 4 is 11.8 Å². The van der Waals surface area contributed by atoms with E-state index in [1.165, 1.54) is 0 Å². The Labute approximate surface area is 188 Å². The van der Waals surface area contributed by atoms with Gasteiger partial charge in [0.25, 0.3) is 11.8 Å². The summed E-state index contributed by atoms with van der Waals surface area (Å²) in [5.41, 5.74) is 2.46. The van der Waals surface area contributed by atoms with Gasteiger partial charge in [-0.25, -0.2) is 0 Å². The summed E-state index contributed by atoms with van der Waals surface area (Å²) in [7, 11) is 1.55. The second-order valence-corrected chi connectivity index (χ2v) is 8.49. The minimum absolute atomic E-state index is 0.195. The molecule has 1 saturated heterocycles. The fourth-order valence-electron chi connectivity index (χ4n) is 4.73. The molecule has 4 rings (SSSR count). The lowest BCUT2D eigenvalue weighted by atomic mass is 9.86. The Morgan fingerprint density at radius 1 is 1.12 bits per heavy atom. The Hall–Kier alpha value is -2.90. The van der Waals surface area contributed by atoms with Crippen molar-refractivity contribution < 1.29 is 19.4 Å². The molecular weight excluding hydrogens is 406 g/mol. The average Bonchev–Trinajstić information content (AvgIpc) is 3.22. The maximum atomic E-state index is 13.0. The molecule has 2 unspecified atom stereocenters. The first-order chi connectivity index (χ1) is 15.6. The maximum Gasteiger partial charge on any atom is 0.254 e. The Balaban J connectivity index is 1.61. The highest BCUT2D eigenvalue weighted by molar-refractivity contribution is 6.02. The zero-order valence-electron chi connectivity index (χ0n) is 18.4. The zero-order valence-corrected chi connectivity index (χ0v) is 18.4. The number of carbonyl (C=O) groups is 2. The van der Waals surface area contributed by atoms with Gasteiger partial charge in [0.05, 0.1) is 18.1 Å². The molecule has 2 aliphatic heterocycles. The van der Waals surface area contributed by atoms with E-state index in [1.807, 2.05) is 30.3 Å². The van der Waals surface area contributed by atoms with Gasteiger partial charge < -0.3 is 25.8 Å². The highest BCUT2D eigenvalue weighted by atomic mass is 16.5. The van der Waals surface area contributed by atoms with E-state index >= 15 is 0 Å². The van der Waals surface area contributed by atoms with Crippen LogP contribution in [0.15, 0.2) is 42.5 Å². The van der Waals surface area contributed by atoms with Gasteiger partial charge in [0.15, 0.2) is 0 Å². The first kappa shape index (κ1) is 22.3. The van der Waals surface area contributed by atoms with Crippen molar-refractivity contribution in [1.82, 2.24) is 16.0 Å². The molecule has 4 N–H and O–H groups in total. The molecule has 7 nitrogen and oxygen atoms in total. The van der Waals surface area contributed by atoms with E-state index in [-0.39, 0.29) is 24.3 Å². The van der Waals surface area contributed by atoms with E-state index in [0.717, 1.165) is 43.5 Å². The molecule has 2 aromatic rings. The normalized spacial score (nSPS) is 20.3. The SMILES string of the molecule is CNC(=O)c1cc(C(=O)NCCC2CCNCC2)cc2c1OC(CO)C2c1ccccc1. The molecule has 32 heavy (non-hydrogen) atoms. The molecule has 170 valence electrons. The number of ether oxygens (including phenoxy) is 1. The predicted molar refractivity (Wildman–Crippen MR) is 122 cm³/mol. The molecule has 2 heterocycles. The molecule has 0 radical (unpaired) electrons. The molecule has 2 atom stereocenters. The van der Waals surface area contributed by atoms with Crippen molar-refractivity contribution in [2.24, 2.45) is 5.92 Å². The van der Waals surface area contributed by atoms with Gasteiger partial charge in [-0.2, -0.15) is 0 Å². The van der Waals surface area contributed by atoms with Crippen LogP contribution in [0.4, 0.5) is 0 Å². The summed E-state index contributed by atoms with van der Waals surface area (Å²) in [4.78, 5) is 25.6. The van der Waals surface area contributed by atoms with E-state index in [4.69, 9.17) is 4.74 Å². The number of nitrogens with one attached hydrogen (secondary N) is 3. The molecule has 0 aliphatic carbocycles. The van der Waals surface area contributed by atoms with Crippen LogP contribution in [-0.4, -0.2) is 56.3 Å². The molecular formula is C25H31N3O4. The largest absolute Gasteiger partial charge is 0.486 e. The first-order valence-electron chi connectivity index (χ1n) is 11.3. The summed E-state index contributed by atoms with van der Waals surface area (Å²) in [5, 5.41) is 19.0. The molecule has 0 bridgehead atoms. The van der Waals surface area contributed by atoms with Crippen molar-refractivity contribution in [3.63, 3.8) is 0 Å². The lowest BCUT2D eigenvalue weighted by molar-refractivity contribution is 0.0947. The van der Waals surface area contributed by atoms with Crippen LogP contribution in [0.2, 0.25) is 0 Å². The fourth-order valence-corrected chi connectivity index (χ4v) is 4.73. The molecule has 0 spiro atoms. The monoisotopic (exact) mass is 437 g/mol. The predicted octanol–water partition coefficient (Wildman–Crippen LogP) is 2.05. The number of piperidine rings is 1. The van der Waals surface area contributed by atoms with Gasteiger partial charge in [-0.1, -0.05) is 30.3 Å². The smallest absolute Gasteiger partial charge is 0.254 e. The maximum absolute atomic E-state index is 13.0. The topological polar surface area (TPSA) is 99.7 Å². The van der Waals surface area contributed by atoms with Gasteiger partial charge in [-0.15, -0.1) is 0 Å². The summed E-state index contributed by atoms with van der Waals surface area (Å²) in [6.45, 7) is 2.48. The molecule has 2 amide bonds. The van der Waals surface area contributed by atoms with Crippen LogP contribution < -0.4 is 20.7 Å². The number of amides is 2. The van der Waals surface area contributed by atoms with Gasteiger partial charge in [-0.05, 0) is 56.0 Å². The Morgan fingerprint density at radius 3 is 2.56 bits per heavy atom. The van der Waals surface area contributed by atoms with Gasteiger partial charge in [0, 0.05) is 24.7 Å². The van der Waals surface area contributed by atoms with Crippen LogP contribution in [0.1, 0.15) is 57.0 Å². The van der Waals surface area contributed by atoms with Gasteiger partial charge in [0.2, 0.25) is 0 Å². The van der Waals surface area contributed by atoms with Crippen molar-refractivity contribution in [2.45, 2.75) is 31.3 Å². The van der Waals surface area contributed by atoms with Crippen LogP contribution >= 0.6 is 0 Å². The Kier molecular flexibility index (Phi) is 7.07. The molecule has 1 fully saturated rings. The van der Waals surface area contributed by atoms with E-state index in [0.29, 0.717) is 29.3 Å². The van der Waals surface area contributed by atoms with Crippen LogP contribution in [-0.2, 0) is 0 Å². The van der Waals surface area contributed by atoms with Gasteiger partial charge >= 0.3 is 0 Å². The number of rotatable bonds is 7. The molecule has 0 aromatic heterocycles. The number of fused-ring (bicyclic) bond motifs is 1. The number of hydrogen-bond donors (Lipinski definition) is 4. The van der Waals surface area contributed by atoms with Crippen molar-refractivity contribution in [2.75, 3.05) is 33.3 Å². The second-order valence-electron chi connectivity index (χ2n) is 8.49. The highest BCUT2D eigenvalue weighted by Crippen LogP contribution is 2.44. The van der Waals surface area contributed by atoms with E-state index in [1.54, 1.807) is 19.2 Å². The van der Waals surface area contributed by atoms with Crippen LogP contribution in [0.25, 0.3) is 0 Å². The number of hydrogen-bond acceptors (Lipinski definition) is 5. The average molecular weight is 438 g/mol. The summed E-state index contributed by atoms with van der Waals surface area (Å²) >= 11 is 0. The van der Waals surface area contributed by atoms with E-state index in [2.05, 4.69) is 16.0 Å². The lowest BCUT2D eigenvalue weighted by Crippen LogP contribution is -2.31. The summed E-state index contributed by atoms with van der Waals surface area (Å²) < 4.78 is 6.02. The standard InChI is InChI=1S/C25H31N3O4/c1-26-25(31)20-14-18(24(30)28-12-9-16-7-10-27-11-8-16)13-19-22(17-5-3-2-4-6-17)21(15-29)32-23(19)20/h2-6,13-14,16,21-22,27,29H,7-12,15H2,1H3,(H,26,31)(H,28,30). The molecule has 2 aliphatic rings. The fraction of sp³-hybridized carbons (Fsp3) is 0.440.